The Labute approximate surface area is 130 Å². The minimum absolute atomic E-state index is 0.00796. The third-order valence-corrected chi connectivity index (χ3v) is 3.72. The second kappa shape index (κ2) is 8.49. The largest absolute Gasteiger partial charge is 0.477 e. The average Bonchev–Trinajstić information content (AvgIpc) is 2.44. The van der Waals surface area contributed by atoms with E-state index in [0.29, 0.717) is 16.8 Å². The first-order valence-corrected chi connectivity index (χ1v) is 8.14. The zero-order valence-electron chi connectivity index (χ0n) is 11.6. The zero-order chi connectivity index (χ0) is 15.8. The maximum Gasteiger partial charge on any atom is 0.237 e. The van der Waals surface area contributed by atoms with Crippen LogP contribution in [-0.4, -0.2) is 40.3 Å². The molecular formula is C12H14N4O3S2. The standard InChI is InChI=1S/C12H14N4O3S2/c1-3-19-10-8(5-13)11(16-12(15-10)20-2)21-6-7(17)4-9(14)18/h3-4,6H2,1-2H3,(H2,14,18). The van der Waals surface area contributed by atoms with Gasteiger partial charge in [-0.15, -0.1) is 0 Å². The van der Waals surface area contributed by atoms with Gasteiger partial charge in [0.25, 0.3) is 0 Å². The van der Waals surface area contributed by atoms with Crippen molar-refractivity contribution < 1.29 is 14.3 Å². The zero-order valence-corrected chi connectivity index (χ0v) is 13.2. The van der Waals surface area contributed by atoms with Crippen molar-refractivity contribution in [3.05, 3.63) is 5.56 Å². The first-order valence-electron chi connectivity index (χ1n) is 5.93. The van der Waals surface area contributed by atoms with Gasteiger partial charge in [-0.3, -0.25) is 9.59 Å². The average molecular weight is 326 g/mol. The van der Waals surface area contributed by atoms with Crippen molar-refractivity contribution in [3.8, 4) is 11.9 Å². The van der Waals surface area contributed by atoms with E-state index in [-0.39, 0.29) is 29.4 Å². The molecule has 1 amide bonds. The smallest absolute Gasteiger partial charge is 0.237 e. The molecule has 1 aromatic rings. The van der Waals surface area contributed by atoms with E-state index in [0.717, 1.165) is 11.8 Å². The minimum atomic E-state index is -0.677. The summed E-state index contributed by atoms with van der Waals surface area (Å²) in [4.78, 5) is 30.5. The molecule has 0 aliphatic carbocycles. The molecule has 0 aromatic carbocycles. The Morgan fingerprint density at radius 2 is 2.14 bits per heavy atom. The van der Waals surface area contributed by atoms with Gasteiger partial charge in [-0.1, -0.05) is 23.5 Å². The van der Waals surface area contributed by atoms with Crippen molar-refractivity contribution in [1.29, 1.82) is 5.26 Å². The van der Waals surface area contributed by atoms with Crippen LogP contribution in [0, 0.1) is 11.3 Å². The Bertz CT molecular complexity index is 587. The van der Waals surface area contributed by atoms with E-state index < -0.39 is 5.91 Å². The fraction of sp³-hybridized carbons (Fsp3) is 0.417. The van der Waals surface area contributed by atoms with E-state index >= 15 is 0 Å². The molecule has 21 heavy (non-hydrogen) atoms. The van der Waals surface area contributed by atoms with E-state index in [1.54, 1.807) is 13.2 Å². The molecule has 112 valence electrons. The number of nitriles is 1. The van der Waals surface area contributed by atoms with E-state index in [1.807, 2.05) is 6.07 Å². The number of carbonyl (C=O) groups excluding carboxylic acids is 2. The van der Waals surface area contributed by atoms with Gasteiger partial charge < -0.3 is 10.5 Å². The number of thioether (sulfide) groups is 2. The number of hydrogen-bond donors (Lipinski definition) is 1. The van der Waals surface area contributed by atoms with Crippen LogP contribution < -0.4 is 10.5 Å². The van der Waals surface area contributed by atoms with Crippen molar-refractivity contribution >= 4 is 35.2 Å². The molecule has 0 bridgehead atoms. The number of amides is 1. The number of hydrogen-bond acceptors (Lipinski definition) is 8. The van der Waals surface area contributed by atoms with Crippen molar-refractivity contribution in [2.45, 2.75) is 23.5 Å². The van der Waals surface area contributed by atoms with Gasteiger partial charge in [0.05, 0.1) is 18.8 Å². The second-order valence-corrected chi connectivity index (χ2v) is 5.45. The number of rotatable bonds is 8. The lowest BCUT2D eigenvalue weighted by Crippen LogP contribution is -2.17. The SMILES string of the molecule is CCOc1nc(SC)nc(SCC(=O)CC(N)=O)c1C#N. The highest BCUT2D eigenvalue weighted by Gasteiger charge is 2.17. The van der Waals surface area contributed by atoms with E-state index in [4.69, 9.17) is 10.5 Å². The molecule has 1 heterocycles. The Kier molecular flexibility index (Phi) is 6.98. The monoisotopic (exact) mass is 326 g/mol. The van der Waals surface area contributed by atoms with E-state index in [2.05, 4.69) is 9.97 Å². The fourth-order valence-electron chi connectivity index (χ4n) is 1.33. The topological polar surface area (TPSA) is 119 Å². The molecule has 0 aliphatic heterocycles. The van der Waals surface area contributed by atoms with Gasteiger partial charge in [0, 0.05) is 0 Å². The van der Waals surface area contributed by atoms with Crippen LogP contribution in [-0.2, 0) is 9.59 Å². The highest BCUT2D eigenvalue weighted by atomic mass is 32.2. The van der Waals surface area contributed by atoms with Crippen LogP contribution in [0.2, 0.25) is 0 Å². The van der Waals surface area contributed by atoms with Gasteiger partial charge in [0.2, 0.25) is 11.8 Å². The molecule has 7 nitrogen and oxygen atoms in total. The van der Waals surface area contributed by atoms with Gasteiger partial charge in [-0.25, -0.2) is 4.98 Å². The molecule has 2 N–H and O–H groups in total. The number of primary amides is 1. The normalized spacial score (nSPS) is 9.95. The number of aromatic nitrogens is 2. The molecule has 0 saturated heterocycles. The van der Waals surface area contributed by atoms with E-state index in [9.17, 15) is 14.9 Å². The van der Waals surface area contributed by atoms with Crippen molar-refractivity contribution in [2.75, 3.05) is 18.6 Å². The number of ether oxygens (including phenoxy) is 1. The maximum absolute atomic E-state index is 11.5. The highest BCUT2D eigenvalue weighted by molar-refractivity contribution is 8.00. The lowest BCUT2D eigenvalue weighted by molar-refractivity contribution is -0.125. The minimum Gasteiger partial charge on any atom is -0.477 e. The summed E-state index contributed by atoms with van der Waals surface area (Å²) >= 11 is 2.37. The predicted octanol–water partition coefficient (Wildman–Crippen LogP) is 1.01. The van der Waals surface area contributed by atoms with Gasteiger partial charge >= 0.3 is 0 Å². The van der Waals surface area contributed by atoms with Crippen LogP contribution >= 0.6 is 23.5 Å². The summed E-state index contributed by atoms with van der Waals surface area (Å²) < 4.78 is 5.32. The molecular weight excluding hydrogens is 312 g/mol. The lowest BCUT2D eigenvalue weighted by Gasteiger charge is -2.09. The second-order valence-electron chi connectivity index (χ2n) is 3.71. The predicted molar refractivity (Wildman–Crippen MR) is 79.2 cm³/mol. The molecule has 1 rings (SSSR count). The number of ketones is 1. The van der Waals surface area contributed by atoms with Crippen LogP contribution in [0.4, 0.5) is 0 Å². The van der Waals surface area contributed by atoms with Crippen LogP contribution in [0.1, 0.15) is 18.9 Å². The van der Waals surface area contributed by atoms with Crippen molar-refractivity contribution in [1.82, 2.24) is 9.97 Å². The van der Waals surface area contributed by atoms with Crippen LogP contribution in [0.3, 0.4) is 0 Å². The van der Waals surface area contributed by atoms with E-state index in [1.165, 1.54) is 11.8 Å². The summed E-state index contributed by atoms with van der Waals surface area (Å²) in [6.45, 7) is 2.15. The number of Topliss-reactive ketones (excluding diaryl/α,β-unsaturated/α-hetero) is 1. The van der Waals surface area contributed by atoms with Gasteiger partial charge in [-0.2, -0.15) is 10.2 Å². The Hall–Kier alpha value is -1.79. The summed E-state index contributed by atoms with van der Waals surface area (Å²) in [5.74, 6) is -0.792. The summed E-state index contributed by atoms with van der Waals surface area (Å²) in [6, 6.07) is 1.98. The van der Waals surface area contributed by atoms with Crippen LogP contribution in [0.15, 0.2) is 10.2 Å². The molecule has 0 saturated carbocycles. The number of nitrogens with zero attached hydrogens (tertiary/aromatic N) is 3. The summed E-state index contributed by atoms with van der Waals surface area (Å²) in [5.41, 5.74) is 5.14. The van der Waals surface area contributed by atoms with Gasteiger partial charge in [-0.05, 0) is 13.2 Å². The molecule has 9 heteroatoms. The quantitative estimate of drug-likeness (QED) is 0.325. The molecule has 0 unspecified atom stereocenters. The summed E-state index contributed by atoms with van der Waals surface area (Å²) in [7, 11) is 0. The third kappa shape index (κ3) is 5.24. The van der Waals surface area contributed by atoms with Crippen LogP contribution in [0.25, 0.3) is 0 Å². The Morgan fingerprint density at radius 1 is 1.43 bits per heavy atom. The highest BCUT2D eigenvalue weighted by Crippen LogP contribution is 2.29. The Morgan fingerprint density at radius 3 is 2.67 bits per heavy atom. The fourth-order valence-corrected chi connectivity index (χ4v) is 2.57. The molecule has 1 aromatic heterocycles. The number of carbonyl (C=O) groups is 2. The van der Waals surface area contributed by atoms with Crippen molar-refractivity contribution in [3.63, 3.8) is 0 Å². The number of nitrogens with two attached hydrogens (primary N) is 1. The molecule has 0 spiro atoms. The van der Waals surface area contributed by atoms with Gasteiger partial charge in [0.15, 0.2) is 10.9 Å². The van der Waals surface area contributed by atoms with Crippen LogP contribution in [0.5, 0.6) is 5.88 Å². The third-order valence-electron chi connectivity index (χ3n) is 2.14. The summed E-state index contributed by atoms with van der Waals surface area (Å²) in [6.07, 6.45) is 1.47. The Balaban J connectivity index is 2.99. The summed E-state index contributed by atoms with van der Waals surface area (Å²) in [5, 5.41) is 10.0. The first kappa shape index (κ1) is 17.3. The molecule has 0 fully saturated rings. The molecule has 0 atom stereocenters. The molecule has 0 aliphatic rings. The maximum atomic E-state index is 11.5. The first-order chi connectivity index (χ1) is 10.0. The molecule has 0 radical (unpaired) electrons. The van der Waals surface area contributed by atoms with Crippen molar-refractivity contribution in [2.24, 2.45) is 5.73 Å². The lowest BCUT2D eigenvalue weighted by atomic mass is 10.3. The van der Waals surface area contributed by atoms with Gasteiger partial charge in [0.1, 0.15) is 16.7 Å².